The summed E-state index contributed by atoms with van der Waals surface area (Å²) in [6, 6.07) is 46.8. The van der Waals surface area contributed by atoms with Crippen LogP contribution in [0.1, 0.15) is 151 Å². The highest BCUT2D eigenvalue weighted by Gasteiger charge is 2.42. The molecule has 0 fully saturated rings. The fourth-order valence-corrected chi connectivity index (χ4v) is 15.9. The highest BCUT2D eigenvalue weighted by atomic mass is 28.4. The number of phenolic OH excluding ortho intramolecular Hbond substituents is 5. The molecular formula is C95H114O15Si3. The maximum absolute atomic E-state index is 12.5. The van der Waals surface area contributed by atoms with E-state index < -0.39 is 36.2 Å². The molecule has 596 valence electrons. The van der Waals surface area contributed by atoms with Crippen molar-refractivity contribution in [3.05, 3.63) is 234 Å². The van der Waals surface area contributed by atoms with E-state index in [-0.39, 0.29) is 55.1 Å². The molecule has 14 rings (SSSR count). The molecule has 0 aliphatic carbocycles. The Morgan fingerprint density at radius 1 is 0.363 bits per heavy atom. The van der Waals surface area contributed by atoms with Crippen LogP contribution in [0.2, 0.25) is 54.4 Å². The Labute approximate surface area is 668 Å². The minimum atomic E-state index is -1.98. The van der Waals surface area contributed by atoms with E-state index in [4.69, 9.17) is 31.6 Å². The van der Waals surface area contributed by atoms with Gasteiger partial charge in [0, 0.05) is 61.5 Å². The predicted molar refractivity (Wildman–Crippen MR) is 469 cm³/mol. The third-order valence-corrected chi connectivity index (χ3v) is 36.4. The lowest BCUT2D eigenvalue weighted by atomic mass is 9.85. The van der Waals surface area contributed by atoms with Crippen LogP contribution in [0.15, 0.2) is 170 Å². The van der Waals surface area contributed by atoms with Crippen molar-refractivity contribution in [1.82, 2.24) is 0 Å². The lowest BCUT2D eigenvalue weighted by Gasteiger charge is -2.38. The number of aryl methyl sites for hydroxylation is 8. The molecule has 0 amide bonds. The largest absolute Gasteiger partial charge is 0.543 e. The molecule has 2 aliphatic heterocycles. The van der Waals surface area contributed by atoms with Crippen LogP contribution in [0, 0.1) is 55.4 Å². The van der Waals surface area contributed by atoms with Crippen molar-refractivity contribution < 1.29 is 62.2 Å². The Bertz CT molecular complexity index is 5790. The highest BCUT2D eigenvalue weighted by molar-refractivity contribution is 6.75. The SMILES string of the molecule is Cc1cc(O)c(-c2ccc(O[Si](C)(C)C(C)(C)C)cc2C(C)(C)O)cc1C.Cc1cc2c(cc1C)-c1ccc(O[Si](C)(C)C(C)(C)C)cc1C(C)(C)O2.Cc1cc2c(cc1O)OCc1cc(O)ccc1-2.Cc1cc2c(cc1O)oc(=O)c1cc(O)ccc12.Cc1cc2oc(=O)c3cc(O[Si](C)(C)C(C)(C)C)ccc3c2cc1C. The summed E-state index contributed by atoms with van der Waals surface area (Å²) in [7, 11) is -5.80. The minimum absolute atomic E-state index is 0.0182. The van der Waals surface area contributed by atoms with E-state index in [2.05, 4.69) is 173 Å². The average molecular weight is 1580 g/mol. The molecule has 4 heterocycles. The van der Waals surface area contributed by atoms with Crippen molar-refractivity contribution in [1.29, 1.82) is 0 Å². The van der Waals surface area contributed by atoms with Gasteiger partial charge in [-0.15, -0.1) is 0 Å². The van der Waals surface area contributed by atoms with Crippen molar-refractivity contribution in [2.45, 2.75) is 218 Å². The second kappa shape index (κ2) is 31.3. The van der Waals surface area contributed by atoms with Gasteiger partial charge in [-0.05, 0) is 326 Å². The quantitative estimate of drug-likeness (QED) is 0.0472. The fraction of sp³-hybridized carbons (Fsp3) is 0.347. The number of phenols is 5. The fourth-order valence-electron chi connectivity index (χ4n) is 12.8. The molecule has 2 aromatic heterocycles. The number of fused-ring (bicyclic) bond motifs is 12. The summed E-state index contributed by atoms with van der Waals surface area (Å²) in [6.45, 7) is 57.7. The van der Waals surface area contributed by atoms with Gasteiger partial charge in [0.1, 0.15) is 80.9 Å². The number of hydrogen-bond acceptors (Lipinski definition) is 15. The number of rotatable bonds is 8. The first-order valence-electron chi connectivity index (χ1n) is 38.5. The molecule has 12 aromatic rings. The van der Waals surface area contributed by atoms with Crippen LogP contribution in [0.4, 0.5) is 0 Å². The van der Waals surface area contributed by atoms with Crippen LogP contribution in [0.3, 0.4) is 0 Å². The van der Waals surface area contributed by atoms with Crippen LogP contribution in [0.25, 0.3) is 76.9 Å². The van der Waals surface area contributed by atoms with E-state index in [1.807, 2.05) is 88.4 Å². The summed E-state index contributed by atoms with van der Waals surface area (Å²) >= 11 is 0. The minimum Gasteiger partial charge on any atom is -0.543 e. The first-order chi connectivity index (χ1) is 52.1. The van der Waals surface area contributed by atoms with Crippen LogP contribution in [0.5, 0.6) is 57.5 Å². The maximum Gasteiger partial charge on any atom is 0.344 e. The van der Waals surface area contributed by atoms with Gasteiger partial charge in [0.15, 0.2) is 0 Å². The van der Waals surface area contributed by atoms with E-state index in [0.29, 0.717) is 45.2 Å². The summed E-state index contributed by atoms with van der Waals surface area (Å²) in [5, 5.41) is 64.0. The summed E-state index contributed by atoms with van der Waals surface area (Å²) in [6.07, 6.45) is 0. The number of hydrogen-bond donors (Lipinski definition) is 6. The Morgan fingerprint density at radius 3 is 1.34 bits per heavy atom. The molecule has 10 aromatic carbocycles. The van der Waals surface area contributed by atoms with Crippen LogP contribution < -0.4 is 34.0 Å². The predicted octanol–water partition coefficient (Wildman–Crippen LogP) is 24.8. The normalized spacial score (nSPS) is 13.2. The molecule has 2 aliphatic rings. The van der Waals surface area contributed by atoms with Crippen LogP contribution in [-0.4, -0.2) is 55.6 Å². The van der Waals surface area contributed by atoms with Crippen LogP contribution >= 0.6 is 0 Å². The second-order valence-corrected chi connectivity index (χ2v) is 50.3. The molecule has 0 saturated heterocycles. The summed E-state index contributed by atoms with van der Waals surface area (Å²) in [5.41, 5.74) is 16.1. The lowest BCUT2D eigenvalue weighted by molar-refractivity contribution is 0.0790. The van der Waals surface area contributed by atoms with Gasteiger partial charge in [-0.2, -0.15) is 0 Å². The van der Waals surface area contributed by atoms with E-state index in [1.54, 1.807) is 57.2 Å². The standard InChI is InChI=1S/C23H34O3Si.C23H32O2Si.C21H26O3Si.C14H10O4.C14H12O3/c1-15-12-19(21(24)13-16(15)2)18-11-10-17(14-20(18)23(6,7)25)26-27(8,9)22(3,4)5;1-15-12-19-18-11-10-17(25-26(8,9)22(3,4)5)14-20(18)23(6,7)24-21(19)13-16(15)2;1-13-10-17-16-9-8-15(24-25(6,7)21(3,4)5)12-18(16)20(22)23-19(17)11-14(13)2;1-7-4-10-9-3-2-8(15)5-11(9)14(17)18-13(10)6-12(7)16;1-8-4-12-11-3-2-10(15)5-9(11)7-17-14(12)6-13(8)16/h10-14,24-25H,1-9H3;10-14H,1-9H3;8-12H,1-7H3;2-6,15-16H,1H3;2-6,15-16H,7H2,1H3. The lowest BCUT2D eigenvalue weighted by Crippen LogP contribution is -2.44. The smallest absolute Gasteiger partial charge is 0.344 e. The van der Waals surface area contributed by atoms with Crippen molar-refractivity contribution in [3.8, 4) is 90.9 Å². The molecule has 6 N–H and O–H groups in total. The molecule has 15 nitrogen and oxygen atoms in total. The van der Waals surface area contributed by atoms with E-state index in [1.165, 1.54) is 51.6 Å². The third-order valence-electron chi connectivity index (χ3n) is 23.4. The van der Waals surface area contributed by atoms with Gasteiger partial charge >= 0.3 is 11.3 Å². The van der Waals surface area contributed by atoms with Crippen molar-refractivity contribution in [2.24, 2.45) is 0 Å². The molecule has 0 saturated carbocycles. The topological polar surface area (TPSA) is 228 Å². The molecule has 113 heavy (non-hydrogen) atoms. The number of aromatic hydroxyl groups is 5. The van der Waals surface area contributed by atoms with Gasteiger partial charge in [0.05, 0.1) is 16.4 Å². The first-order valence-corrected chi connectivity index (χ1v) is 47.2. The highest BCUT2D eigenvalue weighted by Crippen LogP contribution is 2.50. The van der Waals surface area contributed by atoms with Gasteiger partial charge in [-0.25, -0.2) is 9.59 Å². The average Bonchev–Trinajstić information content (AvgIpc) is 0.761. The van der Waals surface area contributed by atoms with Crippen molar-refractivity contribution in [3.63, 3.8) is 0 Å². The molecule has 0 spiro atoms. The Balaban J connectivity index is 0.000000151. The van der Waals surface area contributed by atoms with Crippen molar-refractivity contribution >= 4 is 68.4 Å². The van der Waals surface area contributed by atoms with Crippen LogP contribution in [-0.2, 0) is 17.8 Å². The molecule has 0 radical (unpaired) electrons. The Kier molecular flexibility index (Phi) is 23.6. The zero-order chi connectivity index (χ0) is 83.7. The summed E-state index contributed by atoms with van der Waals surface area (Å²) in [4.78, 5) is 24.3. The van der Waals surface area contributed by atoms with E-state index >= 15 is 0 Å². The maximum atomic E-state index is 12.5. The number of benzene rings is 10. The van der Waals surface area contributed by atoms with Gasteiger partial charge in [-0.1, -0.05) is 80.5 Å². The van der Waals surface area contributed by atoms with Crippen molar-refractivity contribution in [2.75, 3.05) is 0 Å². The van der Waals surface area contributed by atoms with Gasteiger partial charge in [0.25, 0.3) is 0 Å². The molecule has 0 unspecified atom stereocenters. The van der Waals surface area contributed by atoms with E-state index in [9.17, 15) is 40.2 Å². The van der Waals surface area contributed by atoms with Gasteiger partial charge in [-0.3, -0.25) is 0 Å². The summed E-state index contributed by atoms with van der Waals surface area (Å²) < 4.78 is 42.0. The number of aliphatic hydroxyl groups is 1. The zero-order valence-corrected chi connectivity index (χ0v) is 74.0. The molecule has 0 atom stereocenters. The first kappa shape index (κ1) is 85.2. The Morgan fingerprint density at radius 2 is 0.770 bits per heavy atom. The molecule has 0 bridgehead atoms. The summed E-state index contributed by atoms with van der Waals surface area (Å²) in [5.74, 6) is 4.95. The molecule has 18 heteroatoms. The Hall–Kier alpha value is -10.2. The number of ether oxygens (including phenoxy) is 2. The van der Waals surface area contributed by atoms with E-state index in [0.717, 1.165) is 94.8 Å². The third kappa shape index (κ3) is 18.4. The van der Waals surface area contributed by atoms with Gasteiger partial charge in [0.2, 0.25) is 25.0 Å². The molecular weight excluding hydrogens is 1470 g/mol. The monoisotopic (exact) mass is 1580 g/mol. The second-order valence-electron chi connectivity index (χ2n) is 36.1. The zero-order valence-electron chi connectivity index (χ0n) is 71.0. The van der Waals surface area contributed by atoms with Gasteiger partial charge < -0.3 is 62.2 Å².